The van der Waals surface area contributed by atoms with Crippen molar-refractivity contribution in [2.24, 2.45) is 5.10 Å². The number of nitrogens with one attached hydrogen (secondary N) is 1. The van der Waals surface area contributed by atoms with Crippen LogP contribution in [-0.4, -0.2) is 56.8 Å². The third-order valence-electron chi connectivity index (χ3n) is 7.66. The van der Waals surface area contributed by atoms with Crippen LogP contribution in [0.1, 0.15) is 39.9 Å². The molecule has 0 spiro atoms. The van der Waals surface area contributed by atoms with E-state index in [1.165, 1.54) is 11.8 Å². The van der Waals surface area contributed by atoms with Crippen molar-refractivity contribution < 1.29 is 19.1 Å². The van der Waals surface area contributed by atoms with Crippen LogP contribution in [-0.2, 0) is 16.1 Å². The molecule has 1 atom stereocenters. The third-order valence-corrected chi connectivity index (χ3v) is 9.49. The number of aromatic nitrogens is 3. The van der Waals surface area contributed by atoms with Crippen LogP contribution in [0.3, 0.4) is 0 Å². The second-order valence-electron chi connectivity index (χ2n) is 10.9. The average molecular weight is 667 g/mol. The van der Waals surface area contributed by atoms with Crippen molar-refractivity contribution in [3.8, 4) is 17.2 Å². The summed E-state index contributed by atoms with van der Waals surface area (Å²) in [7, 11) is 1.63. The molecule has 0 fully saturated rings. The Morgan fingerprint density at radius 2 is 1.79 bits per heavy atom. The fourth-order valence-electron chi connectivity index (χ4n) is 5.21. The molecule has 0 saturated heterocycles. The zero-order valence-electron chi connectivity index (χ0n) is 26.3. The minimum atomic E-state index is -0.285. The average Bonchev–Trinajstić information content (AvgIpc) is 3.87. The molecule has 0 bridgehead atoms. The Bertz CT molecular complexity index is 1870. The fraction of sp³-hybridized carbons (Fsp3) is 0.229. The number of hydrogen-bond acceptors (Lipinski definition) is 9. The predicted octanol–water partition coefficient (Wildman–Crippen LogP) is 6.12. The van der Waals surface area contributed by atoms with E-state index >= 15 is 0 Å². The summed E-state index contributed by atoms with van der Waals surface area (Å²) in [6, 6.07) is 26.8. The summed E-state index contributed by atoms with van der Waals surface area (Å²) in [5, 5.41) is 20.7. The highest BCUT2D eigenvalue weighted by Crippen LogP contribution is 2.35. The van der Waals surface area contributed by atoms with Crippen molar-refractivity contribution in [3.63, 3.8) is 0 Å². The molecule has 1 aliphatic heterocycles. The Kier molecular flexibility index (Phi) is 9.98. The first-order chi connectivity index (χ1) is 22.9. The molecule has 0 unspecified atom stereocenters. The quantitative estimate of drug-likeness (QED) is 0.160. The number of aryl methyl sites for hydroxylation is 2. The van der Waals surface area contributed by atoms with E-state index in [0.29, 0.717) is 23.2 Å². The highest BCUT2D eigenvalue weighted by atomic mass is 32.2. The van der Waals surface area contributed by atoms with Gasteiger partial charge in [0.2, 0.25) is 0 Å². The Morgan fingerprint density at radius 1 is 0.979 bits per heavy atom. The predicted molar refractivity (Wildman–Crippen MR) is 183 cm³/mol. The number of hydrazone groups is 1. The molecule has 0 radical (unpaired) electrons. The molecule has 1 aliphatic rings. The number of nitrogens with zero attached hydrogens (tertiary/aromatic N) is 5. The number of benzene rings is 3. The first-order valence-electron chi connectivity index (χ1n) is 15.1. The van der Waals surface area contributed by atoms with Gasteiger partial charge in [0.1, 0.15) is 11.5 Å². The third kappa shape index (κ3) is 7.55. The minimum absolute atomic E-state index is 0.0914. The monoisotopic (exact) mass is 666 g/mol. The highest BCUT2D eigenvalue weighted by molar-refractivity contribution is 7.99. The van der Waals surface area contributed by atoms with Gasteiger partial charge in [0, 0.05) is 6.42 Å². The number of carbonyl (C=O) groups excluding carboxylic acids is 2. The zero-order valence-corrected chi connectivity index (χ0v) is 27.9. The zero-order chi connectivity index (χ0) is 32.8. The number of rotatable bonds is 12. The van der Waals surface area contributed by atoms with Crippen LogP contribution in [0.5, 0.6) is 11.5 Å². The Morgan fingerprint density at radius 3 is 2.53 bits per heavy atom. The van der Waals surface area contributed by atoms with Crippen LogP contribution in [0.2, 0.25) is 0 Å². The fourth-order valence-corrected chi connectivity index (χ4v) is 6.75. The lowest BCUT2D eigenvalue weighted by molar-refractivity contribution is -0.130. The first-order valence-corrected chi connectivity index (χ1v) is 16.9. The molecule has 1 N–H and O–H groups in total. The topological polar surface area (TPSA) is 111 Å². The number of hydrogen-bond donors (Lipinski definition) is 1. The van der Waals surface area contributed by atoms with Crippen molar-refractivity contribution in [2.45, 2.75) is 38.0 Å². The van der Waals surface area contributed by atoms with Crippen LogP contribution in [0.15, 0.2) is 101 Å². The number of amides is 2. The number of thiophene rings is 1. The molecular formula is C35H34N6O4S2. The van der Waals surface area contributed by atoms with E-state index in [0.717, 1.165) is 38.7 Å². The summed E-state index contributed by atoms with van der Waals surface area (Å²) < 4.78 is 12.8. The number of ether oxygens (including phenoxy) is 2. The molecule has 0 aliphatic carbocycles. The van der Waals surface area contributed by atoms with E-state index in [1.54, 1.807) is 35.6 Å². The number of para-hydroxylation sites is 1. The summed E-state index contributed by atoms with van der Waals surface area (Å²) in [4.78, 5) is 27.6. The van der Waals surface area contributed by atoms with E-state index in [4.69, 9.17) is 14.6 Å². The summed E-state index contributed by atoms with van der Waals surface area (Å²) in [6.07, 6.45) is 0.611. The van der Waals surface area contributed by atoms with Crippen molar-refractivity contribution in [2.75, 3.05) is 19.5 Å². The van der Waals surface area contributed by atoms with Crippen LogP contribution in [0.4, 0.5) is 0 Å². The molecule has 3 heterocycles. The summed E-state index contributed by atoms with van der Waals surface area (Å²) in [5.41, 5.74) is 4.81. The minimum Gasteiger partial charge on any atom is -0.497 e. The van der Waals surface area contributed by atoms with Crippen molar-refractivity contribution in [1.29, 1.82) is 0 Å². The van der Waals surface area contributed by atoms with Gasteiger partial charge in [-0.2, -0.15) is 5.10 Å². The second kappa shape index (κ2) is 14.7. The van der Waals surface area contributed by atoms with Gasteiger partial charge < -0.3 is 14.8 Å². The first kappa shape index (κ1) is 32.0. The van der Waals surface area contributed by atoms with Gasteiger partial charge in [0.05, 0.1) is 41.7 Å². The van der Waals surface area contributed by atoms with Gasteiger partial charge in [-0.3, -0.25) is 14.2 Å². The van der Waals surface area contributed by atoms with Crippen LogP contribution >= 0.6 is 23.1 Å². The Labute approximate surface area is 281 Å². The molecule has 47 heavy (non-hydrogen) atoms. The molecule has 5 aromatic rings. The van der Waals surface area contributed by atoms with Gasteiger partial charge in [0.15, 0.2) is 17.6 Å². The summed E-state index contributed by atoms with van der Waals surface area (Å²) in [6.45, 7) is 4.03. The molecule has 3 aromatic carbocycles. The van der Waals surface area contributed by atoms with Gasteiger partial charge in [-0.15, -0.1) is 21.5 Å². The number of carbonyl (C=O) groups is 2. The van der Waals surface area contributed by atoms with Crippen LogP contribution < -0.4 is 14.8 Å². The largest absolute Gasteiger partial charge is 0.497 e. The lowest BCUT2D eigenvalue weighted by atomic mass is 10.0. The lowest BCUT2D eigenvalue weighted by Gasteiger charge is -2.22. The van der Waals surface area contributed by atoms with Crippen molar-refractivity contribution in [3.05, 3.63) is 118 Å². The second-order valence-corrected chi connectivity index (χ2v) is 12.8. The molecule has 6 rings (SSSR count). The summed E-state index contributed by atoms with van der Waals surface area (Å²) in [5.74, 6) is 1.56. The van der Waals surface area contributed by atoms with Crippen molar-refractivity contribution in [1.82, 2.24) is 25.1 Å². The molecular weight excluding hydrogens is 633 g/mol. The SMILES string of the molecule is COc1ccc([C@H]2CC(c3cccs3)=NN2C(=O)CSc2nnc(CNC(=O)COc3ccccc3)n2-c2cc(C)ccc2C)cc1. The smallest absolute Gasteiger partial charge is 0.258 e. The Hall–Kier alpha value is -4.94. The number of thioether (sulfide) groups is 1. The van der Waals surface area contributed by atoms with Gasteiger partial charge >= 0.3 is 0 Å². The van der Waals surface area contributed by atoms with Gasteiger partial charge in [0.25, 0.3) is 11.8 Å². The summed E-state index contributed by atoms with van der Waals surface area (Å²) >= 11 is 2.90. The van der Waals surface area contributed by atoms with Crippen LogP contribution in [0, 0.1) is 13.8 Å². The molecule has 2 aromatic heterocycles. The molecule has 10 nitrogen and oxygen atoms in total. The normalized spacial score (nSPS) is 14.1. The molecule has 2 amide bonds. The van der Waals surface area contributed by atoms with Gasteiger partial charge in [-0.1, -0.05) is 60.3 Å². The lowest BCUT2D eigenvalue weighted by Crippen LogP contribution is -2.29. The maximum absolute atomic E-state index is 13.9. The molecule has 0 saturated carbocycles. The van der Waals surface area contributed by atoms with E-state index in [1.807, 2.05) is 96.6 Å². The van der Waals surface area contributed by atoms with E-state index in [-0.39, 0.29) is 36.8 Å². The molecule has 12 heteroatoms. The highest BCUT2D eigenvalue weighted by Gasteiger charge is 2.34. The van der Waals surface area contributed by atoms with Crippen LogP contribution in [0.25, 0.3) is 5.69 Å². The maximum Gasteiger partial charge on any atom is 0.258 e. The van der Waals surface area contributed by atoms with E-state index < -0.39 is 0 Å². The molecule has 240 valence electrons. The van der Waals surface area contributed by atoms with E-state index in [9.17, 15) is 9.59 Å². The number of methoxy groups -OCH3 is 1. The standard InChI is InChI=1S/C35H34N6O4S2/c1-23-11-12-24(2)29(18-23)40-32(20-36-33(42)21-45-27-8-5-4-6-9-27)37-38-35(40)47-22-34(43)41-30(25-13-15-26(44-3)16-14-25)19-28(39-41)31-10-7-17-46-31/h4-18,30H,19-22H2,1-3H3,(H,36,42)/t30-/m1/s1. The maximum atomic E-state index is 13.9. The van der Waals surface area contributed by atoms with E-state index in [2.05, 4.69) is 15.5 Å². The van der Waals surface area contributed by atoms with Crippen molar-refractivity contribution >= 4 is 40.6 Å². The Balaban J connectivity index is 1.21. The van der Waals surface area contributed by atoms with Gasteiger partial charge in [-0.25, -0.2) is 5.01 Å². The van der Waals surface area contributed by atoms with Gasteiger partial charge in [-0.05, 0) is 72.3 Å².